The fourth-order valence-corrected chi connectivity index (χ4v) is 5.33. The Morgan fingerprint density at radius 1 is 1.23 bits per heavy atom. The molecule has 0 spiro atoms. The van der Waals surface area contributed by atoms with Crippen LogP contribution < -0.4 is 11.1 Å². The van der Waals surface area contributed by atoms with E-state index in [9.17, 15) is 9.59 Å². The predicted octanol–water partition coefficient (Wildman–Crippen LogP) is 4.25. The Balaban J connectivity index is 1.59. The average Bonchev–Trinajstić information content (AvgIpc) is 3.02. The van der Waals surface area contributed by atoms with Gasteiger partial charge >= 0.3 is 0 Å². The molecule has 0 saturated heterocycles. The summed E-state index contributed by atoms with van der Waals surface area (Å²) >= 11 is 2.08. The second-order valence-corrected chi connectivity index (χ2v) is 9.93. The molecule has 1 heterocycles. The maximum atomic E-state index is 12.8. The normalized spacial score (nSPS) is 23.1. The van der Waals surface area contributed by atoms with Crippen molar-refractivity contribution < 1.29 is 9.59 Å². The predicted molar refractivity (Wildman–Crippen MR) is 129 cm³/mol. The molecule has 0 aromatic heterocycles. The van der Waals surface area contributed by atoms with Gasteiger partial charge in [-0.3, -0.25) is 9.59 Å². The Morgan fingerprint density at radius 3 is 2.43 bits per heavy atom. The number of nitrogens with one attached hydrogen (secondary N) is 1. The fourth-order valence-electron chi connectivity index (χ4n) is 4.52. The molecule has 3 N–H and O–H groups in total. The highest BCUT2D eigenvalue weighted by atomic mass is 127. The molecule has 162 valence electrons. The summed E-state index contributed by atoms with van der Waals surface area (Å²) < 4.78 is 0.637. The highest BCUT2D eigenvalue weighted by Gasteiger charge is 2.37. The van der Waals surface area contributed by atoms with Crippen molar-refractivity contribution in [2.24, 2.45) is 11.7 Å². The van der Waals surface area contributed by atoms with Crippen LogP contribution in [-0.4, -0.2) is 35.3 Å². The average molecular weight is 521 g/mol. The zero-order valence-corrected chi connectivity index (χ0v) is 20.0. The van der Waals surface area contributed by atoms with E-state index in [1.54, 1.807) is 4.90 Å². The van der Waals surface area contributed by atoms with Gasteiger partial charge in [0.1, 0.15) is 6.04 Å². The van der Waals surface area contributed by atoms with Crippen LogP contribution in [0.2, 0.25) is 0 Å². The van der Waals surface area contributed by atoms with E-state index < -0.39 is 11.9 Å². The lowest BCUT2D eigenvalue weighted by Gasteiger charge is -2.31. The Morgan fingerprint density at radius 2 is 1.87 bits per heavy atom. The quantitative estimate of drug-likeness (QED) is 0.503. The van der Waals surface area contributed by atoms with Crippen molar-refractivity contribution in [2.75, 3.05) is 6.54 Å². The fraction of sp³-hybridized carbons (Fsp3) is 0.500. The van der Waals surface area contributed by atoms with E-state index in [1.165, 1.54) is 5.56 Å². The van der Waals surface area contributed by atoms with Crippen LogP contribution in [0.25, 0.3) is 0 Å². The molecule has 3 rings (SSSR count). The van der Waals surface area contributed by atoms with E-state index in [0.29, 0.717) is 28.5 Å². The molecule has 30 heavy (non-hydrogen) atoms. The van der Waals surface area contributed by atoms with Crippen LogP contribution in [-0.2, 0) is 9.59 Å². The Kier molecular flexibility index (Phi) is 7.60. The number of benzene rings is 1. The summed E-state index contributed by atoms with van der Waals surface area (Å²) in [6, 6.07) is 10.5. The first kappa shape index (κ1) is 22.8. The molecule has 1 aliphatic carbocycles. The maximum Gasteiger partial charge on any atom is 0.261 e. The minimum Gasteiger partial charge on any atom is -0.382 e. The van der Waals surface area contributed by atoms with Gasteiger partial charge in [-0.25, -0.2) is 0 Å². The molecule has 1 saturated carbocycles. The molecule has 1 aromatic rings. The van der Waals surface area contributed by atoms with Gasteiger partial charge in [0.05, 0.1) is 10.1 Å². The smallest absolute Gasteiger partial charge is 0.261 e. The first-order chi connectivity index (χ1) is 14.3. The van der Waals surface area contributed by atoms with E-state index in [1.807, 2.05) is 13.8 Å². The van der Waals surface area contributed by atoms with Gasteiger partial charge in [-0.2, -0.15) is 0 Å². The first-order valence-electron chi connectivity index (χ1n) is 10.8. The number of nitrogens with two attached hydrogens (primary N) is 1. The van der Waals surface area contributed by atoms with E-state index in [0.717, 1.165) is 37.0 Å². The van der Waals surface area contributed by atoms with E-state index in [4.69, 9.17) is 5.73 Å². The third-order valence-electron chi connectivity index (χ3n) is 6.18. The van der Waals surface area contributed by atoms with E-state index in [2.05, 4.69) is 64.8 Å². The number of halogens is 1. The summed E-state index contributed by atoms with van der Waals surface area (Å²) in [6.07, 6.45) is 5.03. The minimum absolute atomic E-state index is 0.120. The number of hydrogen-bond acceptors (Lipinski definition) is 3. The van der Waals surface area contributed by atoms with Gasteiger partial charge in [0.15, 0.2) is 0 Å². The monoisotopic (exact) mass is 521 g/mol. The van der Waals surface area contributed by atoms with Crippen molar-refractivity contribution in [3.05, 3.63) is 57.3 Å². The highest BCUT2D eigenvalue weighted by Crippen LogP contribution is 2.35. The number of amides is 2. The number of primary amides is 1. The van der Waals surface area contributed by atoms with Gasteiger partial charge < -0.3 is 16.0 Å². The Bertz CT molecular complexity index is 826. The molecule has 2 aliphatic rings. The van der Waals surface area contributed by atoms with Crippen LogP contribution in [0.4, 0.5) is 0 Å². The van der Waals surface area contributed by atoms with Crippen molar-refractivity contribution in [1.29, 1.82) is 0 Å². The summed E-state index contributed by atoms with van der Waals surface area (Å²) in [6.45, 7) is 8.67. The maximum absolute atomic E-state index is 12.8. The van der Waals surface area contributed by atoms with Crippen molar-refractivity contribution >= 4 is 34.4 Å². The lowest BCUT2D eigenvalue weighted by atomic mass is 9.81. The molecular weight excluding hydrogens is 489 g/mol. The van der Waals surface area contributed by atoms with E-state index >= 15 is 0 Å². The molecular formula is C24H32IN3O2. The second kappa shape index (κ2) is 9.98. The summed E-state index contributed by atoms with van der Waals surface area (Å²) in [5.74, 6) is 0.331. The lowest BCUT2D eigenvalue weighted by Crippen LogP contribution is -2.47. The van der Waals surface area contributed by atoms with Gasteiger partial charge in [0.25, 0.3) is 5.91 Å². The molecule has 1 aromatic carbocycles. The zero-order valence-electron chi connectivity index (χ0n) is 17.9. The molecule has 1 aliphatic heterocycles. The van der Waals surface area contributed by atoms with Gasteiger partial charge in [-0.15, -0.1) is 0 Å². The Labute approximate surface area is 193 Å². The highest BCUT2D eigenvalue weighted by molar-refractivity contribution is 14.1. The Hall–Kier alpha value is -1.83. The van der Waals surface area contributed by atoms with Crippen LogP contribution >= 0.6 is 22.6 Å². The molecule has 1 fully saturated rings. The standard InChI is InChI=1S/C24H32IN3O2/c1-15(2)13-21(23(26)29)28-14-20(22(25)24(28)30)16(3)27-19-11-9-18(10-12-19)17-7-5-4-6-8-17/h4-8,15,18-19,21,27H,3,9-14H2,1-2H3,(H2,26,29)/t18?,19?,21-/m1/s1. The molecule has 0 unspecified atom stereocenters. The second-order valence-electron chi connectivity index (χ2n) is 8.86. The van der Waals surface area contributed by atoms with E-state index in [-0.39, 0.29) is 11.8 Å². The molecule has 2 amide bonds. The number of hydrogen-bond donors (Lipinski definition) is 2. The SMILES string of the molecule is C=C(NC1CCC(c2ccccc2)CC1)C1=C(I)C(=O)N([C@H](CC(C)C)C(N)=O)C1. The van der Waals surface area contributed by atoms with Gasteiger partial charge in [0, 0.05) is 17.3 Å². The van der Waals surface area contributed by atoms with Gasteiger partial charge in [-0.1, -0.05) is 50.8 Å². The van der Waals surface area contributed by atoms with Crippen LogP contribution in [0.1, 0.15) is 57.4 Å². The van der Waals surface area contributed by atoms with Crippen LogP contribution in [0.5, 0.6) is 0 Å². The van der Waals surface area contributed by atoms with Crippen molar-refractivity contribution in [2.45, 2.75) is 64.0 Å². The number of rotatable bonds is 8. The largest absolute Gasteiger partial charge is 0.382 e. The van der Waals surface area contributed by atoms with Gasteiger partial charge in [0.2, 0.25) is 5.91 Å². The molecule has 5 nitrogen and oxygen atoms in total. The van der Waals surface area contributed by atoms with Crippen molar-refractivity contribution in [1.82, 2.24) is 10.2 Å². The van der Waals surface area contributed by atoms with Gasteiger partial charge in [-0.05, 0) is 72.1 Å². The zero-order chi connectivity index (χ0) is 21.8. The lowest BCUT2D eigenvalue weighted by molar-refractivity contribution is -0.134. The third-order valence-corrected chi connectivity index (χ3v) is 7.29. The van der Waals surface area contributed by atoms with Crippen LogP contribution in [0.3, 0.4) is 0 Å². The summed E-state index contributed by atoms with van der Waals surface area (Å²) in [4.78, 5) is 26.4. The molecule has 6 heteroatoms. The molecule has 0 radical (unpaired) electrons. The number of carbonyl (C=O) groups is 2. The number of carbonyl (C=O) groups excluding carboxylic acids is 2. The van der Waals surface area contributed by atoms with Crippen LogP contribution in [0.15, 0.2) is 51.8 Å². The minimum atomic E-state index is -0.575. The molecule has 1 atom stereocenters. The summed E-state index contributed by atoms with van der Waals surface area (Å²) in [7, 11) is 0. The first-order valence-corrected chi connectivity index (χ1v) is 11.9. The van der Waals surface area contributed by atoms with Crippen molar-refractivity contribution in [3.8, 4) is 0 Å². The summed E-state index contributed by atoms with van der Waals surface area (Å²) in [5.41, 5.74) is 8.72. The van der Waals surface area contributed by atoms with Crippen molar-refractivity contribution in [3.63, 3.8) is 0 Å². The third kappa shape index (κ3) is 5.25. The summed E-state index contributed by atoms with van der Waals surface area (Å²) in [5, 5.41) is 3.56. The van der Waals surface area contributed by atoms with Crippen LogP contribution in [0, 0.1) is 5.92 Å². The number of nitrogens with zero attached hydrogens (tertiary/aromatic N) is 1. The molecule has 0 bridgehead atoms. The topological polar surface area (TPSA) is 75.4 Å².